The quantitative estimate of drug-likeness (QED) is 0.469. The Kier molecular flexibility index (Phi) is 4.12. The van der Waals surface area contributed by atoms with Crippen molar-refractivity contribution in [2.75, 3.05) is 6.61 Å². The molecule has 0 radical (unpaired) electrons. The summed E-state index contributed by atoms with van der Waals surface area (Å²) < 4.78 is 10.1. The third-order valence-electron chi connectivity index (χ3n) is 2.51. The minimum atomic E-state index is -0.679. The zero-order chi connectivity index (χ0) is 12.8. The molecule has 0 bridgehead atoms. The van der Waals surface area contributed by atoms with E-state index in [-0.39, 0.29) is 0 Å². The summed E-state index contributed by atoms with van der Waals surface area (Å²) in [5.74, 6) is 0.426. The second-order valence-corrected chi connectivity index (χ2v) is 3.89. The molecule has 0 fully saturated rings. The minimum absolute atomic E-state index is 0.382. The molecule has 0 saturated heterocycles. The monoisotopic (exact) mass is 245 g/mol. The molecular weight excluding hydrogens is 230 g/mol. The highest BCUT2D eigenvalue weighted by molar-refractivity contribution is 5.85. The van der Waals surface area contributed by atoms with E-state index in [0.29, 0.717) is 17.9 Å². The normalized spacial score (nSPS) is 10.3. The van der Waals surface area contributed by atoms with Crippen LogP contribution in [0.5, 0.6) is 5.75 Å². The molecule has 0 aliphatic carbocycles. The fraction of sp³-hybridized carbons (Fsp3) is 0.286. The van der Waals surface area contributed by atoms with Crippen molar-refractivity contribution in [2.24, 2.45) is 0 Å². The number of aromatic nitrogens is 1. The fourth-order valence-electron chi connectivity index (χ4n) is 1.58. The molecule has 0 atom stereocenters. The lowest BCUT2D eigenvalue weighted by Gasteiger charge is -2.07. The predicted octanol–water partition coefficient (Wildman–Crippen LogP) is 3.55. The summed E-state index contributed by atoms with van der Waals surface area (Å²) >= 11 is 0. The number of benzene rings is 1. The van der Waals surface area contributed by atoms with E-state index in [0.717, 1.165) is 18.2 Å². The van der Waals surface area contributed by atoms with Crippen molar-refractivity contribution in [2.45, 2.75) is 19.8 Å². The van der Waals surface area contributed by atoms with Crippen molar-refractivity contribution in [1.29, 1.82) is 0 Å². The molecular formula is C14H15NO3. The Bertz CT molecular complexity index is 534. The van der Waals surface area contributed by atoms with Crippen LogP contribution < -0.4 is 4.74 Å². The van der Waals surface area contributed by atoms with Crippen molar-refractivity contribution < 1.29 is 14.3 Å². The van der Waals surface area contributed by atoms with Gasteiger partial charge in [-0.05, 0) is 18.6 Å². The first-order chi connectivity index (χ1) is 8.81. The number of pyridine rings is 1. The summed E-state index contributed by atoms with van der Waals surface area (Å²) in [5, 5.41) is 0.927. The van der Waals surface area contributed by atoms with Crippen LogP contribution in [0.4, 0.5) is 4.79 Å². The summed E-state index contributed by atoms with van der Waals surface area (Å²) in [6.07, 6.45) is 2.80. The van der Waals surface area contributed by atoms with Crippen molar-refractivity contribution in [3.05, 3.63) is 36.5 Å². The number of hydrogen-bond donors (Lipinski definition) is 0. The minimum Gasteiger partial charge on any atom is -0.434 e. The van der Waals surface area contributed by atoms with Crippen molar-refractivity contribution in [3.63, 3.8) is 0 Å². The van der Waals surface area contributed by atoms with E-state index in [4.69, 9.17) is 9.47 Å². The summed E-state index contributed by atoms with van der Waals surface area (Å²) in [4.78, 5) is 15.7. The number of para-hydroxylation sites is 1. The molecule has 0 aliphatic rings. The molecule has 1 aromatic carbocycles. The Morgan fingerprint density at radius 2 is 2.11 bits per heavy atom. The number of fused-ring (bicyclic) bond motifs is 1. The average Bonchev–Trinajstić information content (AvgIpc) is 2.39. The highest BCUT2D eigenvalue weighted by Crippen LogP contribution is 2.23. The Hall–Kier alpha value is -2.10. The molecule has 0 saturated carbocycles. The Balaban J connectivity index is 2.09. The van der Waals surface area contributed by atoms with Crippen molar-refractivity contribution in [1.82, 2.24) is 4.98 Å². The predicted molar refractivity (Wildman–Crippen MR) is 68.6 cm³/mol. The van der Waals surface area contributed by atoms with E-state index in [2.05, 4.69) is 4.98 Å². The van der Waals surface area contributed by atoms with Gasteiger partial charge >= 0.3 is 6.16 Å². The Labute approximate surface area is 106 Å². The van der Waals surface area contributed by atoms with Crippen LogP contribution in [-0.2, 0) is 4.74 Å². The second-order valence-electron chi connectivity index (χ2n) is 3.89. The molecule has 4 heteroatoms. The molecule has 18 heavy (non-hydrogen) atoms. The number of hydrogen-bond acceptors (Lipinski definition) is 4. The van der Waals surface area contributed by atoms with Crippen LogP contribution in [0.3, 0.4) is 0 Å². The summed E-state index contributed by atoms with van der Waals surface area (Å²) in [7, 11) is 0. The van der Waals surface area contributed by atoms with E-state index >= 15 is 0 Å². The zero-order valence-corrected chi connectivity index (χ0v) is 10.3. The third-order valence-corrected chi connectivity index (χ3v) is 2.51. The molecule has 0 N–H and O–H groups in total. The van der Waals surface area contributed by atoms with Gasteiger partial charge in [-0.25, -0.2) is 4.79 Å². The summed E-state index contributed by atoms with van der Waals surface area (Å²) in [5.41, 5.74) is 0.660. The van der Waals surface area contributed by atoms with Gasteiger partial charge in [0, 0.05) is 11.6 Å². The highest BCUT2D eigenvalue weighted by atomic mass is 16.7. The van der Waals surface area contributed by atoms with Crippen LogP contribution in [0.15, 0.2) is 36.5 Å². The number of rotatable bonds is 4. The van der Waals surface area contributed by atoms with Crippen LogP contribution >= 0.6 is 0 Å². The molecule has 0 unspecified atom stereocenters. The molecule has 1 aromatic heterocycles. The van der Waals surface area contributed by atoms with Crippen LogP contribution in [0.25, 0.3) is 10.9 Å². The maximum absolute atomic E-state index is 11.5. The smallest absolute Gasteiger partial charge is 0.434 e. The van der Waals surface area contributed by atoms with E-state index in [1.807, 2.05) is 31.2 Å². The first-order valence-corrected chi connectivity index (χ1v) is 5.99. The number of ether oxygens (including phenoxy) is 2. The summed E-state index contributed by atoms with van der Waals surface area (Å²) in [6, 6.07) is 9.19. The van der Waals surface area contributed by atoms with E-state index < -0.39 is 6.16 Å². The molecule has 0 amide bonds. The highest BCUT2D eigenvalue weighted by Gasteiger charge is 2.09. The van der Waals surface area contributed by atoms with Crippen LogP contribution in [0.1, 0.15) is 19.8 Å². The fourth-order valence-corrected chi connectivity index (χ4v) is 1.58. The zero-order valence-electron chi connectivity index (χ0n) is 10.3. The first-order valence-electron chi connectivity index (χ1n) is 5.99. The molecule has 0 aliphatic heterocycles. The lowest BCUT2D eigenvalue weighted by atomic mass is 10.2. The SMILES string of the molecule is CCCCOC(=O)Oc1cccc2cccnc12. The maximum atomic E-state index is 11.5. The van der Waals surface area contributed by atoms with E-state index in [1.54, 1.807) is 12.3 Å². The van der Waals surface area contributed by atoms with Gasteiger partial charge in [0.1, 0.15) is 5.52 Å². The molecule has 94 valence electrons. The van der Waals surface area contributed by atoms with Crippen molar-refractivity contribution >= 4 is 17.1 Å². The van der Waals surface area contributed by atoms with Crippen molar-refractivity contribution in [3.8, 4) is 5.75 Å². The molecule has 2 aromatic rings. The van der Waals surface area contributed by atoms with Gasteiger partial charge < -0.3 is 9.47 Å². The molecule has 2 rings (SSSR count). The van der Waals surface area contributed by atoms with E-state index in [1.165, 1.54) is 0 Å². The summed E-state index contributed by atoms with van der Waals surface area (Å²) in [6.45, 7) is 2.41. The van der Waals surface area contributed by atoms with Gasteiger partial charge in [0.15, 0.2) is 5.75 Å². The number of unbranched alkanes of at least 4 members (excludes halogenated alkanes) is 1. The largest absolute Gasteiger partial charge is 0.513 e. The van der Waals surface area contributed by atoms with Crippen LogP contribution in [0.2, 0.25) is 0 Å². The van der Waals surface area contributed by atoms with Gasteiger partial charge in [0.25, 0.3) is 0 Å². The molecule has 0 spiro atoms. The topological polar surface area (TPSA) is 48.4 Å². The second kappa shape index (κ2) is 6.00. The lowest BCUT2D eigenvalue weighted by Crippen LogP contribution is -2.11. The van der Waals surface area contributed by atoms with Gasteiger partial charge in [-0.3, -0.25) is 4.98 Å². The number of carbonyl (C=O) groups is 1. The van der Waals surface area contributed by atoms with Gasteiger partial charge in [-0.1, -0.05) is 31.5 Å². The van der Waals surface area contributed by atoms with Gasteiger partial charge in [0.2, 0.25) is 0 Å². The lowest BCUT2D eigenvalue weighted by molar-refractivity contribution is 0.0983. The third kappa shape index (κ3) is 2.97. The number of carbonyl (C=O) groups excluding carboxylic acids is 1. The Morgan fingerprint density at radius 3 is 2.94 bits per heavy atom. The maximum Gasteiger partial charge on any atom is 0.513 e. The average molecular weight is 245 g/mol. The van der Waals surface area contributed by atoms with Crippen LogP contribution in [0, 0.1) is 0 Å². The van der Waals surface area contributed by atoms with Gasteiger partial charge in [-0.2, -0.15) is 0 Å². The van der Waals surface area contributed by atoms with E-state index in [9.17, 15) is 4.79 Å². The standard InChI is InChI=1S/C14H15NO3/c1-2-3-10-17-14(16)18-12-8-4-6-11-7-5-9-15-13(11)12/h4-9H,2-3,10H2,1H3. The van der Waals surface area contributed by atoms with Gasteiger partial charge in [0.05, 0.1) is 6.61 Å². The Morgan fingerprint density at radius 1 is 1.28 bits per heavy atom. The van der Waals surface area contributed by atoms with Gasteiger partial charge in [-0.15, -0.1) is 0 Å². The molecule has 1 heterocycles. The first kappa shape index (κ1) is 12.4. The number of nitrogens with zero attached hydrogens (tertiary/aromatic N) is 1. The van der Waals surface area contributed by atoms with Crippen LogP contribution in [-0.4, -0.2) is 17.7 Å². The molecule has 4 nitrogen and oxygen atoms in total.